The summed E-state index contributed by atoms with van der Waals surface area (Å²) in [6, 6.07) is 16.2. The summed E-state index contributed by atoms with van der Waals surface area (Å²) in [5, 5.41) is 4.69. The molecule has 7 heteroatoms. The summed E-state index contributed by atoms with van der Waals surface area (Å²) in [5.74, 6) is 0.280. The first-order valence-electron chi connectivity index (χ1n) is 10.1. The first-order chi connectivity index (χ1) is 14.7. The number of carbonyl (C=O) groups is 1. The van der Waals surface area contributed by atoms with Crippen LogP contribution in [-0.4, -0.2) is 45.6 Å². The van der Waals surface area contributed by atoms with Gasteiger partial charge < -0.3 is 9.64 Å². The maximum atomic E-state index is 13.5. The lowest BCUT2D eigenvalue weighted by atomic mass is 10.1. The quantitative estimate of drug-likeness (QED) is 0.609. The fourth-order valence-electron chi connectivity index (χ4n) is 4.03. The number of carbonyl (C=O) groups excluding carboxylic acids is 1. The van der Waals surface area contributed by atoms with Gasteiger partial charge in [0.05, 0.1) is 23.2 Å². The molecule has 2 atom stereocenters. The molecule has 1 aromatic heterocycles. The van der Waals surface area contributed by atoms with Crippen LogP contribution >= 0.6 is 11.8 Å². The van der Waals surface area contributed by atoms with E-state index in [0.29, 0.717) is 12.3 Å². The highest BCUT2D eigenvalue weighted by Crippen LogP contribution is 2.43. The molecular weight excluding hydrogens is 401 g/mol. The van der Waals surface area contributed by atoms with Crippen LogP contribution in [-0.2, 0) is 9.53 Å². The van der Waals surface area contributed by atoms with Crippen LogP contribution < -0.4 is 0 Å². The highest BCUT2D eigenvalue weighted by molar-refractivity contribution is 8.00. The summed E-state index contributed by atoms with van der Waals surface area (Å²) in [6.45, 7) is 1.35. The van der Waals surface area contributed by atoms with Crippen LogP contribution in [0.1, 0.15) is 23.8 Å². The predicted molar refractivity (Wildman–Crippen MR) is 115 cm³/mol. The van der Waals surface area contributed by atoms with Gasteiger partial charge in [-0.15, -0.1) is 11.8 Å². The summed E-state index contributed by atoms with van der Waals surface area (Å²) in [5.41, 5.74) is 3.49. The topological polar surface area (TPSA) is 47.4 Å². The Balaban J connectivity index is 1.56. The molecule has 0 N–H and O–H groups in total. The van der Waals surface area contributed by atoms with Gasteiger partial charge >= 0.3 is 0 Å². The average molecular weight is 424 g/mol. The third kappa shape index (κ3) is 3.75. The molecule has 154 valence electrons. The number of benzene rings is 2. The standard InChI is InChI=1S/C23H22FN3O2S/c24-17-10-8-16(9-11-17)22-20(14-27(25-22)18-5-2-1-3-6-18)23-26(21(28)15-30-23)13-19-7-4-12-29-19/h1-3,5-6,8-11,14,19,23H,4,7,12-13,15H2/t19-,23+/m1/s1. The SMILES string of the molecule is O=C1CS[C@@H](c2cn(-c3ccccc3)nc2-c2ccc(F)cc2)N1C[C@H]1CCCO1. The van der Waals surface area contributed by atoms with Crippen molar-refractivity contribution in [3.8, 4) is 16.9 Å². The molecule has 30 heavy (non-hydrogen) atoms. The van der Waals surface area contributed by atoms with Crippen molar-refractivity contribution in [2.75, 3.05) is 18.9 Å². The summed E-state index contributed by atoms with van der Waals surface area (Å²) >= 11 is 1.61. The van der Waals surface area contributed by atoms with Crippen LogP contribution in [0.15, 0.2) is 60.8 Å². The van der Waals surface area contributed by atoms with Gasteiger partial charge in [-0.3, -0.25) is 4.79 Å². The Morgan fingerprint density at radius 2 is 1.93 bits per heavy atom. The van der Waals surface area contributed by atoms with E-state index in [-0.39, 0.29) is 23.2 Å². The Hall–Kier alpha value is -2.64. The van der Waals surface area contributed by atoms with Crippen LogP contribution in [0.2, 0.25) is 0 Å². The number of nitrogens with zero attached hydrogens (tertiary/aromatic N) is 3. The second-order valence-corrected chi connectivity index (χ2v) is 8.63. The minimum Gasteiger partial charge on any atom is -0.376 e. The monoisotopic (exact) mass is 423 g/mol. The molecule has 5 rings (SSSR count). The molecule has 0 saturated carbocycles. The van der Waals surface area contributed by atoms with Crippen molar-refractivity contribution in [2.24, 2.45) is 0 Å². The van der Waals surface area contributed by atoms with Crippen molar-refractivity contribution < 1.29 is 13.9 Å². The van der Waals surface area contributed by atoms with Crippen molar-refractivity contribution in [1.82, 2.24) is 14.7 Å². The molecule has 3 heterocycles. The smallest absolute Gasteiger partial charge is 0.233 e. The largest absolute Gasteiger partial charge is 0.376 e. The van der Waals surface area contributed by atoms with E-state index in [4.69, 9.17) is 9.84 Å². The number of halogens is 1. The Morgan fingerprint density at radius 1 is 1.13 bits per heavy atom. The summed E-state index contributed by atoms with van der Waals surface area (Å²) in [7, 11) is 0. The van der Waals surface area contributed by atoms with Crippen LogP contribution in [0.5, 0.6) is 0 Å². The zero-order valence-corrected chi connectivity index (χ0v) is 17.2. The summed E-state index contributed by atoms with van der Waals surface area (Å²) in [6.07, 6.45) is 4.10. The Kier molecular flexibility index (Phi) is 5.31. The molecule has 0 radical (unpaired) electrons. The lowest BCUT2D eigenvalue weighted by Crippen LogP contribution is -2.35. The van der Waals surface area contributed by atoms with Crippen molar-refractivity contribution in [3.63, 3.8) is 0 Å². The normalized spacial score (nSPS) is 21.5. The van der Waals surface area contributed by atoms with Crippen LogP contribution in [0.3, 0.4) is 0 Å². The van der Waals surface area contributed by atoms with Gasteiger partial charge in [-0.2, -0.15) is 5.10 Å². The fourth-order valence-corrected chi connectivity index (χ4v) is 5.23. The summed E-state index contributed by atoms with van der Waals surface area (Å²) in [4.78, 5) is 14.6. The van der Waals surface area contributed by atoms with Gasteiger partial charge in [-0.05, 0) is 49.2 Å². The van der Waals surface area contributed by atoms with E-state index < -0.39 is 0 Å². The molecular formula is C23H22FN3O2S. The lowest BCUT2D eigenvalue weighted by molar-refractivity contribution is -0.129. The van der Waals surface area contributed by atoms with Crippen molar-refractivity contribution in [2.45, 2.75) is 24.3 Å². The van der Waals surface area contributed by atoms with E-state index in [1.54, 1.807) is 23.9 Å². The molecule has 2 saturated heterocycles. The highest BCUT2D eigenvalue weighted by Gasteiger charge is 2.37. The Morgan fingerprint density at radius 3 is 2.67 bits per heavy atom. The lowest BCUT2D eigenvalue weighted by Gasteiger charge is -2.26. The van der Waals surface area contributed by atoms with E-state index in [9.17, 15) is 9.18 Å². The number of amides is 1. The number of hydrogen-bond donors (Lipinski definition) is 0. The number of rotatable bonds is 5. The minimum atomic E-state index is -0.284. The molecule has 0 unspecified atom stereocenters. The van der Waals surface area contributed by atoms with E-state index in [2.05, 4.69) is 0 Å². The van der Waals surface area contributed by atoms with Crippen LogP contribution in [0.25, 0.3) is 16.9 Å². The second-order valence-electron chi connectivity index (χ2n) is 7.56. The zero-order chi connectivity index (χ0) is 20.5. The molecule has 0 bridgehead atoms. The van der Waals surface area contributed by atoms with Gasteiger partial charge in [0.1, 0.15) is 11.2 Å². The van der Waals surface area contributed by atoms with E-state index in [0.717, 1.165) is 42.0 Å². The first-order valence-corrected chi connectivity index (χ1v) is 11.2. The molecule has 2 aliphatic rings. The van der Waals surface area contributed by atoms with Gasteiger partial charge in [-0.1, -0.05) is 18.2 Å². The molecule has 2 aliphatic heterocycles. The van der Waals surface area contributed by atoms with Crippen molar-refractivity contribution in [1.29, 1.82) is 0 Å². The van der Waals surface area contributed by atoms with Gasteiger partial charge in [0.25, 0.3) is 0 Å². The van der Waals surface area contributed by atoms with Gasteiger partial charge in [0, 0.05) is 30.5 Å². The van der Waals surface area contributed by atoms with Crippen molar-refractivity contribution in [3.05, 3.63) is 72.2 Å². The number of thioether (sulfide) groups is 1. The third-order valence-corrected chi connectivity index (χ3v) is 6.78. The molecule has 3 aromatic rings. The maximum absolute atomic E-state index is 13.5. The Labute approximate surface area is 178 Å². The number of ether oxygens (including phenoxy) is 1. The van der Waals surface area contributed by atoms with Gasteiger partial charge in [0.2, 0.25) is 5.91 Å². The summed E-state index contributed by atoms with van der Waals surface area (Å²) < 4.78 is 21.1. The van der Waals surface area contributed by atoms with Crippen molar-refractivity contribution >= 4 is 17.7 Å². The van der Waals surface area contributed by atoms with Crippen LogP contribution in [0.4, 0.5) is 4.39 Å². The zero-order valence-electron chi connectivity index (χ0n) is 16.4. The fraction of sp³-hybridized carbons (Fsp3) is 0.304. The van der Waals surface area contributed by atoms with Gasteiger partial charge in [-0.25, -0.2) is 9.07 Å². The number of para-hydroxylation sites is 1. The predicted octanol–water partition coefficient (Wildman–Crippen LogP) is 4.43. The average Bonchev–Trinajstić information content (AvgIpc) is 3.51. The molecule has 0 aliphatic carbocycles. The molecule has 5 nitrogen and oxygen atoms in total. The Bertz CT molecular complexity index is 1030. The maximum Gasteiger partial charge on any atom is 0.233 e. The van der Waals surface area contributed by atoms with Crippen LogP contribution in [0, 0.1) is 5.82 Å². The number of aromatic nitrogens is 2. The van der Waals surface area contributed by atoms with E-state index >= 15 is 0 Å². The van der Waals surface area contributed by atoms with Gasteiger partial charge in [0.15, 0.2) is 0 Å². The molecule has 1 amide bonds. The molecule has 0 spiro atoms. The van der Waals surface area contributed by atoms with E-state index in [1.165, 1.54) is 12.1 Å². The first kappa shape index (κ1) is 19.3. The number of hydrogen-bond acceptors (Lipinski definition) is 4. The van der Waals surface area contributed by atoms with E-state index in [1.807, 2.05) is 46.1 Å². The minimum absolute atomic E-state index is 0.0913. The molecule has 2 fully saturated rings. The third-order valence-electron chi connectivity index (χ3n) is 5.54. The molecule has 2 aromatic carbocycles. The highest BCUT2D eigenvalue weighted by atomic mass is 32.2. The second kappa shape index (κ2) is 8.24.